The minimum Gasteiger partial charge on any atom is -0.491 e. The van der Waals surface area contributed by atoms with Crippen molar-refractivity contribution in [3.63, 3.8) is 0 Å². The van der Waals surface area contributed by atoms with E-state index in [1.54, 1.807) is 29.2 Å². The summed E-state index contributed by atoms with van der Waals surface area (Å²) in [6, 6.07) is 7.07. The number of carboxylic acids is 1. The summed E-state index contributed by atoms with van der Waals surface area (Å²) in [5, 5.41) is 9.40. The van der Waals surface area contributed by atoms with Crippen LogP contribution in [0.3, 0.4) is 0 Å². The first-order chi connectivity index (χ1) is 9.58. The molecule has 0 aliphatic carbocycles. The fraction of sp³-hybridized carbons (Fsp3) is 0.429. The number of halogens is 1. The lowest BCUT2D eigenvalue weighted by atomic mass is 10.1. The molecule has 20 heavy (non-hydrogen) atoms. The number of hydrogen-bond donors (Lipinski definition) is 1. The maximum atomic E-state index is 11.9. The zero-order chi connectivity index (χ0) is 14.5. The van der Waals surface area contributed by atoms with E-state index < -0.39 is 11.9 Å². The summed E-state index contributed by atoms with van der Waals surface area (Å²) < 4.78 is 5.45. The van der Waals surface area contributed by atoms with Crippen molar-refractivity contribution in [2.24, 2.45) is 5.92 Å². The standard InChI is InChI=1S/C14H16ClNO4/c15-11-3-1-2-4-12(11)20-8-6-13(17)16-7-5-10(9-16)14(18)19/h1-4,10H,5-9H2,(H,18,19)/t10-/m0/s1. The van der Waals surface area contributed by atoms with Crippen LogP contribution in [0.15, 0.2) is 24.3 Å². The van der Waals surface area contributed by atoms with Gasteiger partial charge in [-0.1, -0.05) is 23.7 Å². The number of carbonyl (C=O) groups is 2. The van der Waals surface area contributed by atoms with E-state index in [9.17, 15) is 9.59 Å². The Hall–Kier alpha value is -1.75. The molecule has 1 N–H and O–H groups in total. The lowest BCUT2D eigenvalue weighted by molar-refractivity contribution is -0.141. The lowest BCUT2D eigenvalue weighted by Gasteiger charge is -2.16. The number of benzene rings is 1. The van der Waals surface area contributed by atoms with E-state index in [4.69, 9.17) is 21.4 Å². The van der Waals surface area contributed by atoms with Crippen molar-refractivity contribution < 1.29 is 19.4 Å². The topological polar surface area (TPSA) is 66.8 Å². The van der Waals surface area contributed by atoms with Gasteiger partial charge in [-0.25, -0.2) is 0 Å². The molecular formula is C14H16ClNO4. The van der Waals surface area contributed by atoms with Crippen LogP contribution in [0.5, 0.6) is 5.75 Å². The van der Waals surface area contributed by atoms with Gasteiger partial charge in [0.05, 0.1) is 24.0 Å². The summed E-state index contributed by atoms with van der Waals surface area (Å²) in [7, 11) is 0. The highest BCUT2D eigenvalue weighted by molar-refractivity contribution is 6.32. The minimum atomic E-state index is -0.840. The first kappa shape index (κ1) is 14.7. The quantitative estimate of drug-likeness (QED) is 0.903. The summed E-state index contributed by atoms with van der Waals surface area (Å²) in [5.41, 5.74) is 0. The molecule has 1 aromatic carbocycles. The monoisotopic (exact) mass is 297 g/mol. The Morgan fingerprint density at radius 1 is 1.40 bits per heavy atom. The van der Waals surface area contributed by atoms with E-state index in [1.165, 1.54) is 0 Å². The average molecular weight is 298 g/mol. The molecule has 1 aliphatic rings. The third kappa shape index (κ3) is 3.63. The third-order valence-corrected chi connectivity index (χ3v) is 3.61. The number of carbonyl (C=O) groups excluding carboxylic acids is 1. The van der Waals surface area contributed by atoms with Gasteiger partial charge >= 0.3 is 5.97 Å². The molecule has 0 unspecified atom stereocenters. The molecule has 108 valence electrons. The van der Waals surface area contributed by atoms with E-state index in [2.05, 4.69) is 0 Å². The van der Waals surface area contributed by atoms with Crippen molar-refractivity contribution in [3.8, 4) is 5.75 Å². The SMILES string of the molecule is O=C(O)[C@H]1CCN(C(=O)CCOc2ccccc2Cl)C1. The number of aliphatic carboxylic acids is 1. The van der Waals surface area contributed by atoms with Crippen LogP contribution in [0.1, 0.15) is 12.8 Å². The van der Waals surface area contributed by atoms with Crippen LogP contribution in [0.25, 0.3) is 0 Å². The zero-order valence-electron chi connectivity index (χ0n) is 10.9. The Morgan fingerprint density at radius 3 is 2.80 bits per heavy atom. The summed E-state index contributed by atoms with van der Waals surface area (Å²) in [6.45, 7) is 1.03. The van der Waals surface area contributed by atoms with Crippen molar-refractivity contribution in [2.75, 3.05) is 19.7 Å². The van der Waals surface area contributed by atoms with Crippen LogP contribution in [0, 0.1) is 5.92 Å². The number of rotatable bonds is 5. The molecule has 0 bridgehead atoms. The third-order valence-electron chi connectivity index (χ3n) is 3.30. The Kier molecular flexibility index (Phi) is 4.84. The number of ether oxygens (including phenoxy) is 1. The van der Waals surface area contributed by atoms with Crippen molar-refractivity contribution in [3.05, 3.63) is 29.3 Å². The van der Waals surface area contributed by atoms with Crippen LogP contribution in [-0.2, 0) is 9.59 Å². The fourth-order valence-corrected chi connectivity index (χ4v) is 2.35. The van der Waals surface area contributed by atoms with Crippen LogP contribution in [-0.4, -0.2) is 41.6 Å². The Morgan fingerprint density at radius 2 is 2.15 bits per heavy atom. The van der Waals surface area contributed by atoms with Crippen LogP contribution < -0.4 is 4.74 Å². The average Bonchev–Trinajstić information content (AvgIpc) is 2.91. The van der Waals surface area contributed by atoms with Gasteiger partial charge in [0.15, 0.2) is 0 Å². The second-order valence-electron chi connectivity index (χ2n) is 4.69. The van der Waals surface area contributed by atoms with Crippen molar-refractivity contribution in [1.82, 2.24) is 4.90 Å². The molecule has 1 aromatic rings. The fourth-order valence-electron chi connectivity index (χ4n) is 2.16. The van der Waals surface area contributed by atoms with Gasteiger partial charge in [-0.3, -0.25) is 9.59 Å². The molecule has 0 radical (unpaired) electrons. The van der Waals surface area contributed by atoms with Gasteiger partial charge in [-0.2, -0.15) is 0 Å². The van der Waals surface area contributed by atoms with Crippen molar-refractivity contribution in [2.45, 2.75) is 12.8 Å². The maximum absolute atomic E-state index is 11.9. The number of nitrogens with zero attached hydrogens (tertiary/aromatic N) is 1. The largest absolute Gasteiger partial charge is 0.491 e. The highest BCUT2D eigenvalue weighted by Crippen LogP contribution is 2.23. The highest BCUT2D eigenvalue weighted by Gasteiger charge is 2.30. The summed E-state index contributed by atoms with van der Waals surface area (Å²) in [4.78, 5) is 24.3. The van der Waals surface area contributed by atoms with E-state index >= 15 is 0 Å². The molecule has 1 fully saturated rings. The van der Waals surface area contributed by atoms with Crippen molar-refractivity contribution >= 4 is 23.5 Å². The van der Waals surface area contributed by atoms with Gasteiger partial charge < -0.3 is 14.7 Å². The van der Waals surface area contributed by atoms with Gasteiger partial charge in [-0.05, 0) is 18.6 Å². The smallest absolute Gasteiger partial charge is 0.308 e. The Bertz CT molecular complexity index is 506. The predicted molar refractivity (Wildman–Crippen MR) is 73.9 cm³/mol. The van der Waals surface area contributed by atoms with Gasteiger partial charge in [0.2, 0.25) is 5.91 Å². The number of likely N-dealkylation sites (tertiary alicyclic amines) is 1. The number of para-hydroxylation sites is 1. The van der Waals surface area contributed by atoms with E-state index in [-0.39, 0.29) is 18.9 Å². The summed E-state index contributed by atoms with van der Waals surface area (Å²) in [5.74, 6) is -0.816. The van der Waals surface area contributed by atoms with E-state index in [0.29, 0.717) is 30.3 Å². The van der Waals surface area contributed by atoms with Crippen LogP contribution in [0.4, 0.5) is 0 Å². The van der Waals surface area contributed by atoms with Gasteiger partial charge in [-0.15, -0.1) is 0 Å². The normalized spacial score (nSPS) is 18.1. The first-order valence-corrected chi connectivity index (χ1v) is 6.83. The van der Waals surface area contributed by atoms with Gasteiger partial charge in [0.25, 0.3) is 0 Å². The molecule has 0 saturated carbocycles. The lowest BCUT2D eigenvalue weighted by Crippen LogP contribution is -2.30. The van der Waals surface area contributed by atoms with Crippen LogP contribution in [0.2, 0.25) is 5.02 Å². The number of amides is 1. The molecule has 1 saturated heterocycles. The second-order valence-corrected chi connectivity index (χ2v) is 5.10. The molecule has 1 atom stereocenters. The van der Waals surface area contributed by atoms with Crippen LogP contribution >= 0.6 is 11.6 Å². The molecule has 1 aliphatic heterocycles. The molecule has 1 heterocycles. The Balaban J connectivity index is 1.76. The zero-order valence-corrected chi connectivity index (χ0v) is 11.7. The minimum absolute atomic E-state index is 0.0826. The molecule has 0 spiro atoms. The molecule has 2 rings (SSSR count). The highest BCUT2D eigenvalue weighted by atomic mass is 35.5. The van der Waals surface area contributed by atoms with E-state index in [0.717, 1.165) is 0 Å². The van der Waals surface area contributed by atoms with E-state index in [1.807, 2.05) is 0 Å². The molecule has 5 nitrogen and oxygen atoms in total. The molecule has 0 aromatic heterocycles. The van der Waals surface area contributed by atoms with Gasteiger partial charge in [0.1, 0.15) is 5.75 Å². The van der Waals surface area contributed by atoms with Gasteiger partial charge in [0, 0.05) is 13.1 Å². The summed E-state index contributed by atoms with van der Waals surface area (Å²) in [6.07, 6.45) is 0.740. The molecular weight excluding hydrogens is 282 g/mol. The molecule has 6 heteroatoms. The summed E-state index contributed by atoms with van der Waals surface area (Å²) >= 11 is 5.94. The Labute approximate surface area is 122 Å². The number of hydrogen-bond acceptors (Lipinski definition) is 3. The first-order valence-electron chi connectivity index (χ1n) is 6.46. The van der Waals surface area contributed by atoms with Crippen molar-refractivity contribution in [1.29, 1.82) is 0 Å². The number of carboxylic acid groups (broad SMARTS) is 1. The second kappa shape index (κ2) is 6.61. The molecule has 1 amide bonds. The predicted octanol–water partition coefficient (Wildman–Crippen LogP) is 2.04. The maximum Gasteiger partial charge on any atom is 0.308 e.